The molecule has 1 rings (SSSR count). The summed E-state index contributed by atoms with van der Waals surface area (Å²) in [5.74, 6) is -16.0. The first kappa shape index (κ1) is 80.4. The van der Waals surface area contributed by atoms with E-state index in [1.54, 1.807) is 0 Å². The molecule has 0 saturated carbocycles. The predicted molar refractivity (Wildman–Crippen MR) is 323 cm³/mol. The summed E-state index contributed by atoms with van der Waals surface area (Å²) in [7, 11) is 1.78. The normalized spacial score (nSPS) is 23.6. The van der Waals surface area contributed by atoms with Crippen LogP contribution in [0.15, 0.2) is 11.8 Å². The molecule has 6 unspecified atom stereocenters. The second-order valence-corrected chi connectivity index (χ2v) is 22.0. The van der Waals surface area contributed by atoms with Crippen molar-refractivity contribution in [2.75, 3.05) is 46.3 Å². The first-order valence-corrected chi connectivity index (χ1v) is 31.0. The molecule has 9 amide bonds. The molecule has 0 bridgehead atoms. The van der Waals surface area contributed by atoms with Crippen molar-refractivity contribution in [3.63, 3.8) is 0 Å². The number of amides is 9. The Hall–Kier alpha value is -6.61. The average molecular weight is 1290 g/mol. The van der Waals surface area contributed by atoms with Crippen molar-refractivity contribution in [3.8, 4) is 0 Å². The third-order valence-corrected chi connectivity index (χ3v) is 14.7. The maximum absolute atomic E-state index is 14.3. The number of methoxy groups -OCH3 is 2. The fourth-order valence-electron chi connectivity index (χ4n) is 9.12. The fraction of sp³-hybridized carbons (Fsp3) is 0.754. The van der Waals surface area contributed by atoms with E-state index in [-0.39, 0.29) is 45.3 Å². The summed E-state index contributed by atoms with van der Waals surface area (Å²) >= 11 is 5.93. The van der Waals surface area contributed by atoms with E-state index in [2.05, 4.69) is 59.5 Å². The van der Waals surface area contributed by atoms with Gasteiger partial charge >= 0.3 is 17.9 Å². The Morgan fingerprint density at radius 2 is 1.10 bits per heavy atom. The topological polar surface area (TPSA) is 500 Å². The second kappa shape index (κ2) is 45.6. The number of carbonyl (C=O) groups excluding carboxylic acids is 12. The van der Waals surface area contributed by atoms with Crippen LogP contribution in [0.5, 0.6) is 0 Å². The number of cyclic esters (lactones) is 1. The lowest BCUT2D eigenvalue weighted by Crippen LogP contribution is -2.63. The first-order valence-electron chi connectivity index (χ1n) is 30.5. The van der Waals surface area contributed by atoms with E-state index in [0.717, 1.165) is 65.7 Å². The molecule has 508 valence electrons. The molecule has 1 aliphatic rings. The van der Waals surface area contributed by atoms with Crippen LogP contribution in [0.3, 0.4) is 0 Å². The van der Waals surface area contributed by atoms with E-state index >= 15 is 0 Å². The van der Waals surface area contributed by atoms with Crippen LogP contribution in [0.2, 0.25) is 0 Å². The number of aliphatic hydroxyl groups excluding tert-OH is 4. The second-order valence-electron chi connectivity index (χ2n) is 21.6. The zero-order chi connectivity index (χ0) is 67.0. The molecule has 89 heavy (non-hydrogen) atoms. The van der Waals surface area contributed by atoms with Gasteiger partial charge in [0, 0.05) is 0 Å². The average Bonchev–Trinajstić information content (AvgIpc) is 3.62. The monoisotopic (exact) mass is 1290 g/mol. The maximum Gasteiger partial charge on any atom is 0.337 e. The summed E-state index contributed by atoms with van der Waals surface area (Å²) in [5, 5.41) is 64.1. The molecule has 31 nitrogen and oxygen atoms in total. The standard InChI is InChI=1S/C57H99ClN12O19/c1-6-8-9-10-11-12-13-14-15-16-17-18-19-22-34(72)29-42(74)62-40-32-89-56(85)45(41(73)31-58)69-48(77)35(7-2)63-54(83)44(33(3)71)68-51(80)38(25-28-61)65-49(78)36(23-20-21-26-59)64-52(81)39(30-43(75)87-4)67-50(79)37(24-27-60)66-55(84)46(70-53(40)82)47(76)57(86)88-5/h7,33-34,36-41,44-47,71-73,76H,6,8-32,59-61H2,1-5H3,(H,62,74)(H,63,83)(H,64,81)(H,65,78)(H,66,84)(H,67,79)(H,68,80)(H,69,77)(H,70,82)/b35-7+/t33-,34+,36?,37+,38-,39?,40?,41+,44?,45?,46?,47-/m0/s1. The van der Waals surface area contributed by atoms with Crippen LogP contribution in [-0.2, 0) is 71.7 Å². The van der Waals surface area contributed by atoms with Gasteiger partial charge in [-0.3, -0.25) is 47.9 Å². The summed E-state index contributed by atoms with van der Waals surface area (Å²) in [5.41, 5.74) is 16.7. The van der Waals surface area contributed by atoms with E-state index in [1.807, 2.05) is 0 Å². The van der Waals surface area contributed by atoms with Gasteiger partial charge in [0.05, 0.1) is 51.3 Å². The number of hydrogen-bond donors (Lipinski definition) is 16. The molecular formula is C57H99ClN12O19. The highest BCUT2D eigenvalue weighted by Gasteiger charge is 2.41. The fourth-order valence-corrected chi connectivity index (χ4v) is 9.30. The van der Waals surface area contributed by atoms with Gasteiger partial charge in [-0.1, -0.05) is 96.5 Å². The number of esters is 3. The number of allylic oxidation sites excluding steroid dienone is 1. The van der Waals surface area contributed by atoms with Crippen molar-refractivity contribution in [1.82, 2.24) is 47.9 Å². The number of unbranched alkanes of at least 4 members (excludes halogenated alkanes) is 13. The van der Waals surface area contributed by atoms with Crippen LogP contribution < -0.4 is 65.1 Å². The van der Waals surface area contributed by atoms with Crippen molar-refractivity contribution < 1.29 is 92.2 Å². The lowest BCUT2D eigenvalue weighted by Gasteiger charge is -2.29. The van der Waals surface area contributed by atoms with Crippen LogP contribution in [0, 0.1) is 0 Å². The Kier molecular flexibility index (Phi) is 41.2. The number of alkyl halides is 1. The molecule has 1 saturated heterocycles. The number of hydrogen-bond acceptors (Lipinski definition) is 22. The van der Waals surface area contributed by atoms with Gasteiger partial charge in [-0.05, 0) is 72.0 Å². The molecule has 0 spiro atoms. The van der Waals surface area contributed by atoms with Gasteiger partial charge < -0.3 is 99.7 Å². The molecule has 32 heteroatoms. The quantitative estimate of drug-likeness (QED) is 0.0103. The van der Waals surface area contributed by atoms with Crippen molar-refractivity contribution in [2.24, 2.45) is 17.2 Å². The van der Waals surface area contributed by atoms with E-state index in [9.17, 15) is 78.0 Å². The van der Waals surface area contributed by atoms with E-state index in [4.69, 9.17) is 38.3 Å². The zero-order valence-corrected chi connectivity index (χ0v) is 52.7. The van der Waals surface area contributed by atoms with Gasteiger partial charge in [0.2, 0.25) is 47.3 Å². The van der Waals surface area contributed by atoms with Gasteiger partial charge in [0.1, 0.15) is 54.6 Å². The Labute approximate surface area is 524 Å². The minimum Gasteiger partial charge on any atom is -0.469 e. The van der Waals surface area contributed by atoms with Crippen LogP contribution >= 0.6 is 11.6 Å². The molecule has 1 aliphatic heterocycles. The summed E-state index contributed by atoms with van der Waals surface area (Å²) in [6.07, 6.45) is 5.58. The summed E-state index contributed by atoms with van der Waals surface area (Å²) in [4.78, 5) is 166. The molecule has 19 N–H and O–H groups in total. The molecule has 0 aliphatic carbocycles. The lowest BCUT2D eigenvalue weighted by atomic mass is 10.0. The van der Waals surface area contributed by atoms with Gasteiger partial charge in [0.15, 0.2) is 12.1 Å². The van der Waals surface area contributed by atoms with E-state index in [1.165, 1.54) is 45.4 Å². The van der Waals surface area contributed by atoms with Gasteiger partial charge in [-0.15, -0.1) is 11.6 Å². The summed E-state index contributed by atoms with van der Waals surface area (Å²) in [6.45, 7) is 2.83. The number of nitrogens with one attached hydrogen (secondary N) is 9. The predicted octanol–water partition coefficient (Wildman–Crippen LogP) is -3.42. The largest absolute Gasteiger partial charge is 0.469 e. The van der Waals surface area contributed by atoms with Gasteiger partial charge in [-0.25, -0.2) is 9.59 Å². The number of carbonyl (C=O) groups is 12. The molecule has 1 heterocycles. The van der Waals surface area contributed by atoms with Crippen LogP contribution in [-0.4, -0.2) is 211 Å². The SMILES string of the molecule is C/C=C1/NC(=O)C([C@H](C)O)NC(=O)[C@H](CCN)NC(=O)C(CCCCN)NC(=O)C(CC(=O)OC)NC(=O)[C@@H](CCN)NC(=O)C([C@H](O)C(=O)OC)NC(=O)C(NC(=O)C[C@H](O)CCCCCCCCCCCCCCC)COC(=O)C([C@H](O)CCl)NC1=O. The Morgan fingerprint density at radius 3 is 1.60 bits per heavy atom. The van der Waals surface area contributed by atoms with Crippen molar-refractivity contribution in [2.45, 2.75) is 228 Å². The Morgan fingerprint density at radius 1 is 0.607 bits per heavy atom. The first-order chi connectivity index (χ1) is 42.4. The van der Waals surface area contributed by atoms with Crippen LogP contribution in [0.1, 0.15) is 156 Å². The smallest absolute Gasteiger partial charge is 0.337 e. The highest BCUT2D eigenvalue weighted by Crippen LogP contribution is 2.15. The maximum atomic E-state index is 14.3. The molecular weight excluding hydrogens is 1190 g/mol. The highest BCUT2D eigenvalue weighted by atomic mass is 35.5. The van der Waals surface area contributed by atoms with Crippen LogP contribution in [0.25, 0.3) is 0 Å². The van der Waals surface area contributed by atoms with Crippen molar-refractivity contribution >= 4 is 82.7 Å². The van der Waals surface area contributed by atoms with E-state index in [0.29, 0.717) is 12.8 Å². The summed E-state index contributed by atoms with van der Waals surface area (Å²) in [6, 6.07) is -15.4. The van der Waals surface area contributed by atoms with Gasteiger partial charge in [-0.2, -0.15) is 0 Å². The summed E-state index contributed by atoms with van der Waals surface area (Å²) < 4.78 is 14.7. The van der Waals surface area contributed by atoms with Crippen molar-refractivity contribution in [1.29, 1.82) is 0 Å². The van der Waals surface area contributed by atoms with Crippen LogP contribution in [0.4, 0.5) is 0 Å². The number of halogens is 1. The molecule has 0 aromatic rings. The number of aliphatic hydroxyl groups is 4. The van der Waals surface area contributed by atoms with E-state index < -0.39 is 181 Å². The zero-order valence-electron chi connectivity index (χ0n) is 51.9. The Bertz CT molecular complexity index is 2300. The number of nitrogens with two attached hydrogens (primary N) is 3. The highest BCUT2D eigenvalue weighted by molar-refractivity contribution is 6.18. The lowest BCUT2D eigenvalue weighted by molar-refractivity contribution is -0.156. The number of rotatable bonds is 32. The molecule has 1 fully saturated rings. The van der Waals surface area contributed by atoms with Crippen molar-refractivity contribution in [3.05, 3.63) is 11.8 Å². The Balaban J connectivity index is 3.95. The molecule has 0 aromatic carbocycles. The molecule has 0 aromatic heterocycles. The third-order valence-electron chi connectivity index (χ3n) is 14.4. The van der Waals surface area contributed by atoms with Gasteiger partial charge in [0.25, 0.3) is 5.91 Å². The molecule has 12 atom stereocenters. The minimum absolute atomic E-state index is 0.139. The third kappa shape index (κ3) is 31.1. The minimum atomic E-state index is -2.60. The number of ether oxygens (including phenoxy) is 3. The molecule has 0 radical (unpaired) electrons.